The van der Waals surface area contributed by atoms with Crippen LogP contribution in [0.25, 0.3) is 27.8 Å². The minimum absolute atomic E-state index is 0.0121. The van der Waals surface area contributed by atoms with Crippen LogP contribution >= 0.6 is 23.2 Å². The number of hydrogen-bond donors (Lipinski definition) is 2. The number of nitrogens with one attached hydrogen (secondary N) is 1. The van der Waals surface area contributed by atoms with Crippen LogP contribution in [0.3, 0.4) is 0 Å². The van der Waals surface area contributed by atoms with Gasteiger partial charge in [0.25, 0.3) is 0 Å². The molecule has 1 atom stereocenters. The number of rotatable bonds is 6. The Bertz CT molecular complexity index is 1770. The summed E-state index contributed by atoms with van der Waals surface area (Å²) in [5.74, 6) is -0.535. The van der Waals surface area contributed by atoms with Gasteiger partial charge in [-0.1, -0.05) is 23.2 Å². The fourth-order valence-electron chi connectivity index (χ4n) is 4.83. The quantitative estimate of drug-likeness (QED) is 0.311. The highest BCUT2D eigenvalue weighted by Gasteiger charge is 2.29. The molecule has 0 saturated carbocycles. The van der Waals surface area contributed by atoms with Gasteiger partial charge in [0.2, 0.25) is 11.3 Å². The first-order valence-corrected chi connectivity index (χ1v) is 12.6. The van der Waals surface area contributed by atoms with Gasteiger partial charge in [0.1, 0.15) is 28.5 Å². The van der Waals surface area contributed by atoms with E-state index in [1.54, 1.807) is 47.3 Å². The van der Waals surface area contributed by atoms with Crippen LogP contribution in [0.5, 0.6) is 5.88 Å². The van der Waals surface area contributed by atoms with Crippen molar-refractivity contribution >= 4 is 56.8 Å². The van der Waals surface area contributed by atoms with E-state index in [1.165, 1.54) is 12.3 Å². The van der Waals surface area contributed by atoms with Gasteiger partial charge in [0, 0.05) is 24.3 Å². The molecule has 5 heterocycles. The van der Waals surface area contributed by atoms with E-state index in [-0.39, 0.29) is 17.0 Å². The van der Waals surface area contributed by atoms with Gasteiger partial charge in [-0.25, -0.2) is 14.8 Å². The second kappa shape index (κ2) is 9.62. The van der Waals surface area contributed by atoms with E-state index >= 15 is 0 Å². The number of pyridine rings is 3. The summed E-state index contributed by atoms with van der Waals surface area (Å²) in [4.78, 5) is 36.0. The number of fused-ring (bicyclic) bond motifs is 2. The van der Waals surface area contributed by atoms with Gasteiger partial charge in [0.15, 0.2) is 0 Å². The first-order valence-electron chi connectivity index (χ1n) is 11.8. The average molecular weight is 551 g/mol. The molecule has 0 spiro atoms. The van der Waals surface area contributed by atoms with Crippen molar-refractivity contribution in [3.63, 3.8) is 0 Å². The molecule has 6 rings (SSSR count). The molecule has 1 saturated heterocycles. The van der Waals surface area contributed by atoms with Gasteiger partial charge >= 0.3 is 5.97 Å². The van der Waals surface area contributed by atoms with Crippen molar-refractivity contribution in [1.82, 2.24) is 24.7 Å². The molecule has 1 aromatic carbocycles. The van der Waals surface area contributed by atoms with Crippen molar-refractivity contribution < 1.29 is 14.6 Å². The lowest BCUT2D eigenvalue weighted by Gasteiger charge is -2.28. The highest BCUT2D eigenvalue weighted by molar-refractivity contribution is 6.34. The Kier molecular flexibility index (Phi) is 6.13. The summed E-state index contributed by atoms with van der Waals surface area (Å²) in [7, 11) is 0. The standard InChI is InChI=1S/C26H20Cl2N6O4/c27-17-4-1-7-29-25(17)38-13-14-3-2-8-33(14)22-10-21-15(9-18(22)28)24(35)16(26(36)37)12-34(21)23-6-5-19-20(31-23)11-30-32-19/h1,4-7,9-12,14H,2-3,8,13H2,(H,30,32)(H,36,37)/t14-/m1/s1. The summed E-state index contributed by atoms with van der Waals surface area (Å²) in [6.45, 7) is 1.07. The molecule has 0 bridgehead atoms. The fraction of sp³-hybridized carbons (Fsp3) is 0.192. The zero-order valence-corrected chi connectivity index (χ0v) is 21.3. The monoisotopic (exact) mass is 550 g/mol. The molecule has 1 aliphatic rings. The molecule has 192 valence electrons. The Morgan fingerprint density at radius 1 is 1.21 bits per heavy atom. The van der Waals surface area contributed by atoms with E-state index in [4.69, 9.17) is 27.9 Å². The zero-order valence-electron chi connectivity index (χ0n) is 19.8. The summed E-state index contributed by atoms with van der Waals surface area (Å²) in [5, 5.41) is 17.5. The number of ether oxygens (including phenoxy) is 1. The predicted molar refractivity (Wildman–Crippen MR) is 144 cm³/mol. The molecule has 5 aromatic rings. The van der Waals surface area contributed by atoms with Gasteiger partial charge in [-0.15, -0.1) is 0 Å². The molecule has 1 aliphatic heterocycles. The SMILES string of the molecule is O=C(O)c1cn(-c2ccc3[nH]ncc3n2)c2cc(N3CCC[C@@H]3COc3ncccc3Cl)c(Cl)cc2c1=O. The van der Waals surface area contributed by atoms with Crippen LogP contribution in [-0.4, -0.2) is 55.0 Å². The van der Waals surface area contributed by atoms with Crippen LogP contribution in [-0.2, 0) is 0 Å². The minimum Gasteiger partial charge on any atom is -0.477 e. The predicted octanol–water partition coefficient (Wildman–Crippen LogP) is 4.71. The van der Waals surface area contributed by atoms with Crippen LogP contribution in [0.2, 0.25) is 10.0 Å². The third kappa shape index (κ3) is 4.21. The van der Waals surface area contributed by atoms with Crippen molar-refractivity contribution in [3.8, 4) is 11.7 Å². The van der Waals surface area contributed by atoms with E-state index in [1.807, 2.05) is 0 Å². The number of hydrogen-bond acceptors (Lipinski definition) is 7. The fourth-order valence-corrected chi connectivity index (χ4v) is 5.28. The van der Waals surface area contributed by atoms with Crippen LogP contribution in [0.15, 0.2) is 59.8 Å². The first kappa shape index (κ1) is 24.2. The number of carboxylic acid groups (broad SMARTS) is 1. The van der Waals surface area contributed by atoms with Crippen LogP contribution in [0, 0.1) is 0 Å². The summed E-state index contributed by atoms with van der Waals surface area (Å²) < 4.78 is 7.52. The lowest BCUT2D eigenvalue weighted by atomic mass is 10.1. The molecule has 12 heteroatoms. The van der Waals surface area contributed by atoms with Crippen molar-refractivity contribution in [3.05, 3.63) is 80.8 Å². The number of aromatic amines is 1. The number of nitrogens with zero attached hydrogens (tertiary/aromatic N) is 5. The van der Waals surface area contributed by atoms with E-state index in [0.29, 0.717) is 45.1 Å². The molecule has 2 N–H and O–H groups in total. The molecule has 0 amide bonds. The number of carbonyl (C=O) groups is 1. The molecule has 0 radical (unpaired) electrons. The van der Waals surface area contributed by atoms with E-state index in [2.05, 4.69) is 25.1 Å². The Balaban J connectivity index is 1.46. The van der Waals surface area contributed by atoms with Gasteiger partial charge in [-0.2, -0.15) is 5.10 Å². The number of H-pyrrole nitrogens is 1. The number of carboxylic acids is 1. The van der Waals surface area contributed by atoms with Crippen molar-refractivity contribution in [1.29, 1.82) is 0 Å². The van der Waals surface area contributed by atoms with Crippen LogP contribution < -0.4 is 15.1 Å². The molecule has 4 aromatic heterocycles. The molecular weight excluding hydrogens is 531 g/mol. The van der Waals surface area contributed by atoms with Gasteiger partial charge in [-0.05, 0) is 49.2 Å². The van der Waals surface area contributed by atoms with Crippen molar-refractivity contribution in [2.24, 2.45) is 0 Å². The molecule has 0 aliphatic carbocycles. The normalized spacial score (nSPS) is 15.4. The molecular formula is C26H20Cl2N6O4. The van der Waals surface area contributed by atoms with E-state index in [9.17, 15) is 14.7 Å². The second-order valence-electron chi connectivity index (χ2n) is 8.93. The summed E-state index contributed by atoms with van der Waals surface area (Å²) in [6, 6.07) is 10.3. The summed E-state index contributed by atoms with van der Waals surface area (Å²) >= 11 is 12.9. The van der Waals surface area contributed by atoms with Crippen LogP contribution in [0.1, 0.15) is 23.2 Å². The average Bonchev–Trinajstić information content (AvgIpc) is 3.57. The van der Waals surface area contributed by atoms with E-state index in [0.717, 1.165) is 24.9 Å². The summed E-state index contributed by atoms with van der Waals surface area (Å²) in [6.07, 6.45) is 6.27. The minimum atomic E-state index is -1.33. The summed E-state index contributed by atoms with van der Waals surface area (Å²) in [5.41, 5.74) is 1.52. The lowest BCUT2D eigenvalue weighted by molar-refractivity contribution is 0.0695. The third-order valence-corrected chi connectivity index (χ3v) is 7.25. The Morgan fingerprint density at radius 3 is 2.89 bits per heavy atom. The van der Waals surface area contributed by atoms with Crippen molar-refractivity contribution in [2.45, 2.75) is 18.9 Å². The maximum absolute atomic E-state index is 13.1. The van der Waals surface area contributed by atoms with Gasteiger partial charge in [-0.3, -0.25) is 14.5 Å². The van der Waals surface area contributed by atoms with E-state index < -0.39 is 11.4 Å². The number of halogens is 2. The third-order valence-electron chi connectivity index (χ3n) is 6.65. The van der Waals surface area contributed by atoms with Gasteiger partial charge < -0.3 is 14.7 Å². The highest BCUT2D eigenvalue weighted by atomic mass is 35.5. The first-order chi connectivity index (χ1) is 18.4. The molecule has 1 fully saturated rings. The zero-order chi connectivity index (χ0) is 26.4. The number of aromatic carboxylic acids is 1. The molecule has 0 unspecified atom stereocenters. The van der Waals surface area contributed by atoms with Crippen molar-refractivity contribution in [2.75, 3.05) is 18.1 Å². The number of anilines is 1. The Hall–Kier alpha value is -4.15. The number of benzene rings is 1. The highest BCUT2D eigenvalue weighted by Crippen LogP contribution is 2.36. The Labute approximate surface area is 225 Å². The smallest absolute Gasteiger partial charge is 0.341 e. The van der Waals surface area contributed by atoms with Gasteiger partial charge in [0.05, 0.1) is 34.0 Å². The molecule has 10 nitrogen and oxygen atoms in total. The maximum atomic E-state index is 13.1. The lowest BCUT2D eigenvalue weighted by Crippen LogP contribution is -2.34. The number of aromatic nitrogens is 5. The molecule has 38 heavy (non-hydrogen) atoms. The van der Waals surface area contributed by atoms with Crippen LogP contribution in [0.4, 0.5) is 5.69 Å². The topological polar surface area (TPSA) is 126 Å². The Morgan fingerprint density at radius 2 is 2.08 bits per heavy atom. The largest absolute Gasteiger partial charge is 0.477 e. The maximum Gasteiger partial charge on any atom is 0.341 e. The second-order valence-corrected chi connectivity index (χ2v) is 9.75.